The Labute approximate surface area is 184 Å². The smallest absolute Gasteiger partial charge is 0.203 e. The molecule has 0 amide bonds. The molecule has 0 aliphatic rings. The van der Waals surface area contributed by atoms with Gasteiger partial charge in [-0.3, -0.25) is 0 Å². The Kier molecular flexibility index (Phi) is 11.7. The number of benzene rings is 1. The van der Waals surface area contributed by atoms with Gasteiger partial charge in [-0.05, 0) is 56.0 Å². The number of nitriles is 1. The first-order valence-corrected chi connectivity index (χ1v) is 11.3. The Balaban J connectivity index is 3.08. The lowest BCUT2D eigenvalue weighted by molar-refractivity contribution is 0.136. The number of hydrogen-bond acceptors (Lipinski definition) is 5. The topological polar surface area (TPSA) is 54.7 Å². The van der Waals surface area contributed by atoms with Crippen LogP contribution in [0.15, 0.2) is 12.1 Å². The number of unbranched alkanes of at least 4 members (excludes halogenated alkanes) is 3. The summed E-state index contributed by atoms with van der Waals surface area (Å²) in [5.41, 5.74) is 0.909. The summed E-state index contributed by atoms with van der Waals surface area (Å²) in [5, 5.41) is 10.1. The van der Waals surface area contributed by atoms with Crippen LogP contribution in [0.4, 0.5) is 0 Å². The van der Waals surface area contributed by atoms with E-state index in [0.29, 0.717) is 29.2 Å². The Morgan fingerprint density at radius 3 is 1.97 bits per heavy atom. The standard InChI is InChI=1S/C25H42N2O3/c1-9-11-12-13-14-27(5)22(10-2)19(4)18(3)21(17-26)20-15-23(28-6)25(30-8)24(16-20)29-7/h15-16,18-19,21-22H,9-14H2,1-8H3. The summed E-state index contributed by atoms with van der Waals surface area (Å²) in [6.45, 7) is 10.1. The normalized spacial score (nSPS) is 15.2. The van der Waals surface area contributed by atoms with Crippen LogP contribution in [0, 0.1) is 23.2 Å². The van der Waals surface area contributed by atoms with Gasteiger partial charge in [-0.2, -0.15) is 5.26 Å². The highest BCUT2D eigenvalue weighted by Gasteiger charge is 2.32. The summed E-state index contributed by atoms with van der Waals surface area (Å²) in [6.07, 6.45) is 6.15. The Morgan fingerprint density at radius 1 is 0.933 bits per heavy atom. The van der Waals surface area contributed by atoms with Crippen molar-refractivity contribution in [3.05, 3.63) is 17.7 Å². The van der Waals surface area contributed by atoms with Crippen molar-refractivity contribution in [3.63, 3.8) is 0 Å². The van der Waals surface area contributed by atoms with Crippen LogP contribution in [0.5, 0.6) is 17.2 Å². The van der Waals surface area contributed by atoms with E-state index in [0.717, 1.165) is 18.5 Å². The van der Waals surface area contributed by atoms with Crippen molar-refractivity contribution in [2.45, 2.75) is 71.8 Å². The first-order valence-electron chi connectivity index (χ1n) is 11.3. The van der Waals surface area contributed by atoms with Crippen molar-refractivity contribution in [2.75, 3.05) is 34.9 Å². The van der Waals surface area contributed by atoms with Gasteiger partial charge in [-0.1, -0.05) is 47.0 Å². The first kappa shape index (κ1) is 26.1. The average Bonchev–Trinajstić information content (AvgIpc) is 2.76. The van der Waals surface area contributed by atoms with Crippen LogP contribution in [0.25, 0.3) is 0 Å². The molecular formula is C25H42N2O3. The molecule has 0 bridgehead atoms. The lowest BCUT2D eigenvalue weighted by Crippen LogP contribution is -2.40. The van der Waals surface area contributed by atoms with Crippen molar-refractivity contribution >= 4 is 0 Å². The summed E-state index contributed by atoms with van der Waals surface area (Å²) in [7, 11) is 7.03. The van der Waals surface area contributed by atoms with Gasteiger partial charge in [0, 0.05) is 6.04 Å². The molecule has 0 N–H and O–H groups in total. The fourth-order valence-corrected chi connectivity index (χ4v) is 4.47. The molecule has 4 unspecified atom stereocenters. The van der Waals surface area contributed by atoms with Gasteiger partial charge in [0.25, 0.3) is 0 Å². The molecule has 5 heteroatoms. The summed E-state index contributed by atoms with van der Waals surface area (Å²) in [4.78, 5) is 2.49. The van der Waals surface area contributed by atoms with Crippen LogP contribution in [0.1, 0.15) is 71.3 Å². The molecule has 4 atom stereocenters. The lowest BCUT2D eigenvalue weighted by Gasteiger charge is -2.37. The predicted molar refractivity (Wildman–Crippen MR) is 124 cm³/mol. The van der Waals surface area contributed by atoms with E-state index in [-0.39, 0.29) is 11.8 Å². The van der Waals surface area contributed by atoms with Crippen molar-refractivity contribution < 1.29 is 14.2 Å². The fraction of sp³-hybridized carbons (Fsp3) is 0.720. The van der Waals surface area contributed by atoms with Gasteiger partial charge in [-0.15, -0.1) is 0 Å². The Bertz CT molecular complexity index is 646. The number of rotatable bonds is 14. The Hall–Kier alpha value is -1.93. The minimum Gasteiger partial charge on any atom is -0.493 e. The third kappa shape index (κ3) is 6.54. The van der Waals surface area contributed by atoms with E-state index < -0.39 is 0 Å². The molecule has 1 aromatic carbocycles. The zero-order valence-corrected chi connectivity index (χ0v) is 20.3. The molecule has 30 heavy (non-hydrogen) atoms. The quantitative estimate of drug-likeness (QED) is 0.353. The van der Waals surface area contributed by atoms with E-state index in [1.165, 1.54) is 25.7 Å². The molecule has 0 radical (unpaired) electrons. The number of nitrogens with zero attached hydrogens (tertiary/aromatic N) is 2. The highest BCUT2D eigenvalue weighted by molar-refractivity contribution is 5.55. The highest BCUT2D eigenvalue weighted by atomic mass is 16.5. The maximum atomic E-state index is 10.1. The van der Waals surface area contributed by atoms with Gasteiger partial charge in [0.1, 0.15) is 0 Å². The van der Waals surface area contributed by atoms with Crippen molar-refractivity contribution in [1.82, 2.24) is 4.90 Å². The molecule has 0 aliphatic heterocycles. The molecule has 1 aromatic rings. The van der Waals surface area contributed by atoms with Gasteiger partial charge < -0.3 is 19.1 Å². The van der Waals surface area contributed by atoms with E-state index in [9.17, 15) is 5.26 Å². The van der Waals surface area contributed by atoms with E-state index in [2.05, 4.69) is 45.7 Å². The largest absolute Gasteiger partial charge is 0.493 e. The molecule has 0 aliphatic carbocycles. The molecule has 5 nitrogen and oxygen atoms in total. The van der Waals surface area contributed by atoms with E-state index in [1.54, 1.807) is 21.3 Å². The van der Waals surface area contributed by atoms with Crippen LogP contribution in [0.2, 0.25) is 0 Å². The van der Waals surface area contributed by atoms with E-state index in [1.807, 2.05) is 12.1 Å². The molecule has 0 fully saturated rings. The van der Waals surface area contributed by atoms with Crippen LogP contribution >= 0.6 is 0 Å². The van der Waals surface area contributed by atoms with Gasteiger partial charge in [-0.25, -0.2) is 0 Å². The zero-order valence-electron chi connectivity index (χ0n) is 20.3. The second-order valence-corrected chi connectivity index (χ2v) is 8.30. The van der Waals surface area contributed by atoms with Gasteiger partial charge in [0.05, 0.1) is 33.3 Å². The van der Waals surface area contributed by atoms with Crippen LogP contribution in [-0.2, 0) is 0 Å². The van der Waals surface area contributed by atoms with Crippen molar-refractivity contribution in [1.29, 1.82) is 5.26 Å². The van der Waals surface area contributed by atoms with Crippen molar-refractivity contribution in [2.24, 2.45) is 11.8 Å². The van der Waals surface area contributed by atoms with E-state index in [4.69, 9.17) is 14.2 Å². The van der Waals surface area contributed by atoms with Crippen LogP contribution < -0.4 is 14.2 Å². The molecule has 0 heterocycles. The van der Waals surface area contributed by atoms with Gasteiger partial charge in [0.15, 0.2) is 11.5 Å². The molecule has 170 valence electrons. The van der Waals surface area contributed by atoms with E-state index >= 15 is 0 Å². The summed E-state index contributed by atoms with van der Waals surface area (Å²) < 4.78 is 16.4. The highest BCUT2D eigenvalue weighted by Crippen LogP contribution is 2.42. The Morgan fingerprint density at radius 2 is 1.53 bits per heavy atom. The third-order valence-corrected chi connectivity index (χ3v) is 6.50. The minimum atomic E-state index is -0.253. The van der Waals surface area contributed by atoms with Crippen molar-refractivity contribution in [3.8, 4) is 23.3 Å². The summed E-state index contributed by atoms with van der Waals surface area (Å²) >= 11 is 0. The first-order chi connectivity index (χ1) is 14.4. The number of methoxy groups -OCH3 is 3. The lowest BCUT2D eigenvalue weighted by atomic mass is 9.76. The average molecular weight is 419 g/mol. The molecule has 1 rings (SSSR count). The van der Waals surface area contributed by atoms with Gasteiger partial charge in [0.2, 0.25) is 5.75 Å². The molecular weight excluding hydrogens is 376 g/mol. The molecule has 0 aromatic heterocycles. The summed E-state index contributed by atoms with van der Waals surface area (Å²) in [5.74, 6) is 2.03. The summed E-state index contributed by atoms with van der Waals surface area (Å²) in [6, 6.07) is 6.81. The van der Waals surface area contributed by atoms with Crippen LogP contribution in [-0.4, -0.2) is 45.9 Å². The molecule has 0 saturated carbocycles. The SMILES string of the molecule is CCCCCCN(C)C(CC)C(C)C(C)C(C#N)c1cc(OC)c(OC)c(OC)c1. The second-order valence-electron chi connectivity index (χ2n) is 8.30. The minimum absolute atomic E-state index is 0.181. The van der Waals surface area contributed by atoms with Crippen LogP contribution in [0.3, 0.4) is 0 Å². The van der Waals surface area contributed by atoms with Gasteiger partial charge >= 0.3 is 0 Å². The monoisotopic (exact) mass is 418 g/mol. The maximum Gasteiger partial charge on any atom is 0.203 e. The third-order valence-electron chi connectivity index (χ3n) is 6.50. The number of hydrogen-bond donors (Lipinski definition) is 0. The molecule has 0 saturated heterocycles. The zero-order chi connectivity index (χ0) is 22.7. The number of ether oxygens (including phenoxy) is 3. The predicted octanol–water partition coefficient (Wildman–Crippen LogP) is 5.88. The second kappa shape index (κ2) is 13.4. The fourth-order valence-electron chi connectivity index (χ4n) is 4.47. The maximum absolute atomic E-state index is 10.1. The molecule has 0 spiro atoms.